The zero-order valence-electron chi connectivity index (χ0n) is 13.7. The number of aromatic hydroxyl groups is 1. The van der Waals surface area contributed by atoms with E-state index in [1.54, 1.807) is 12.4 Å². The van der Waals surface area contributed by atoms with Gasteiger partial charge in [-0.25, -0.2) is 0 Å². The summed E-state index contributed by atoms with van der Waals surface area (Å²) < 4.78 is 5.50. The minimum Gasteiger partial charge on any atom is -0.505 e. The number of quaternary nitrogens is 1. The van der Waals surface area contributed by atoms with Crippen LogP contribution in [0.1, 0.15) is 17.3 Å². The average molecular weight is 357 g/mol. The highest BCUT2D eigenvalue weighted by molar-refractivity contribution is 6.35. The molecule has 1 aliphatic rings. The van der Waals surface area contributed by atoms with Gasteiger partial charge in [-0.1, -0.05) is 17.7 Å². The molecule has 0 saturated carbocycles. The zero-order chi connectivity index (χ0) is 17.2. The van der Waals surface area contributed by atoms with Gasteiger partial charge in [-0.3, -0.25) is 9.97 Å². The Hall–Kier alpha value is -2.21. The topological polar surface area (TPSA) is 59.7 Å². The molecule has 5 nitrogen and oxygen atoms in total. The van der Waals surface area contributed by atoms with E-state index in [0.717, 1.165) is 29.7 Å². The average Bonchev–Trinajstić information content (AvgIpc) is 2.68. The SMILES string of the molecule is Oc1c([C@H](c2ccccn2)[NH+]2CCOCC2)cc(Cl)c2cccnc12. The lowest BCUT2D eigenvalue weighted by Gasteiger charge is -2.32. The van der Waals surface area contributed by atoms with Crippen LogP contribution in [0.5, 0.6) is 5.75 Å². The van der Waals surface area contributed by atoms with Gasteiger partial charge in [-0.2, -0.15) is 0 Å². The Morgan fingerprint density at radius 3 is 2.64 bits per heavy atom. The van der Waals surface area contributed by atoms with E-state index in [1.807, 2.05) is 36.4 Å². The predicted octanol–water partition coefficient (Wildman–Crippen LogP) is 1.99. The number of morpholine rings is 1. The Balaban J connectivity index is 1.90. The molecule has 0 amide bonds. The van der Waals surface area contributed by atoms with Crippen molar-refractivity contribution in [3.63, 3.8) is 0 Å². The van der Waals surface area contributed by atoms with Crippen LogP contribution >= 0.6 is 11.6 Å². The molecule has 1 aliphatic heterocycles. The fourth-order valence-electron chi connectivity index (χ4n) is 3.48. The molecule has 0 radical (unpaired) electrons. The molecule has 128 valence electrons. The molecule has 0 unspecified atom stereocenters. The van der Waals surface area contributed by atoms with Gasteiger partial charge in [0.15, 0.2) is 11.8 Å². The monoisotopic (exact) mass is 356 g/mol. The maximum absolute atomic E-state index is 10.9. The van der Waals surface area contributed by atoms with Gasteiger partial charge in [0, 0.05) is 17.8 Å². The maximum atomic E-state index is 10.9. The second-order valence-electron chi connectivity index (χ2n) is 6.15. The standard InChI is InChI=1S/C19H18ClN3O2/c20-15-12-14(19(24)17-13(15)4-3-7-22-17)18(16-5-1-2-6-21-16)23-8-10-25-11-9-23/h1-7,12,18,24H,8-11H2/p+1/t18-/m1/s1. The van der Waals surface area contributed by atoms with E-state index >= 15 is 0 Å². The van der Waals surface area contributed by atoms with Gasteiger partial charge in [0.25, 0.3) is 0 Å². The second-order valence-corrected chi connectivity index (χ2v) is 6.56. The molecule has 1 atom stereocenters. The Bertz CT molecular complexity index is 882. The van der Waals surface area contributed by atoms with Crippen LogP contribution in [-0.2, 0) is 4.74 Å². The van der Waals surface area contributed by atoms with Gasteiger partial charge >= 0.3 is 0 Å². The number of phenols is 1. The summed E-state index contributed by atoms with van der Waals surface area (Å²) in [5.41, 5.74) is 2.19. The molecule has 2 aromatic heterocycles. The number of hydrogen-bond donors (Lipinski definition) is 2. The number of nitrogens with one attached hydrogen (secondary N) is 1. The fourth-order valence-corrected chi connectivity index (χ4v) is 3.75. The minimum absolute atomic E-state index is 0.117. The molecule has 2 N–H and O–H groups in total. The molecule has 1 aromatic carbocycles. The number of pyridine rings is 2. The number of aromatic nitrogens is 2. The summed E-state index contributed by atoms with van der Waals surface area (Å²) in [6.07, 6.45) is 3.44. The van der Waals surface area contributed by atoms with Crippen molar-refractivity contribution in [3.8, 4) is 5.75 Å². The number of fused-ring (bicyclic) bond motifs is 1. The van der Waals surface area contributed by atoms with Crippen LogP contribution in [0.4, 0.5) is 0 Å². The Morgan fingerprint density at radius 2 is 1.88 bits per heavy atom. The normalized spacial score (nSPS) is 16.8. The quantitative estimate of drug-likeness (QED) is 0.753. The van der Waals surface area contributed by atoms with Crippen LogP contribution in [0.2, 0.25) is 5.02 Å². The van der Waals surface area contributed by atoms with E-state index in [0.29, 0.717) is 23.8 Å². The van der Waals surface area contributed by atoms with Gasteiger partial charge in [0.2, 0.25) is 0 Å². The number of ether oxygens (including phenoxy) is 1. The lowest BCUT2D eigenvalue weighted by Crippen LogP contribution is -3.14. The molecule has 6 heteroatoms. The summed E-state index contributed by atoms with van der Waals surface area (Å²) >= 11 is 6.50. The molecule has 1 saturated heterocycles. The van der Waals surface area contributed by atoms with Crippen LogP contribution in [0, 0.1) is 0 Å². The number of halogens is 1. The third kappa shape index (κ3) is 3.06. The number of hydrogen-bond acceptors (Lipinski definition) is 4. The van der Waals surface area contributed by atoms with Crippen LogP contribution in [0.15, 0.2) is 48.8 Å². The lowest BCUT2D eigenvalue weighted by molar-refractivity contribution is -0.933. The van der Waals surface area contributed by atoms with Crippen molar-refractivity contribution in [2.75, 3.05) is 26.3 Å². The molecule has 25 heavy (non-hydrogen) atoms. The van der Waals surface area contributed by atoms with Crippen molar-refractivity contribution in [3.05, 3.63) is 65.1 Å². The van der Waals surface area contributed by atoms with E-state index in [4.69, 9.17) is 16.3 Å². The molecular weight excluding hydrogens is 338 g/mol. The van der Waals surface area contributed by atoms with Crippen molar-refractivity contribution >= 4 is 22.5 Å². The molecule has 0 spiro atoms. The summed E-state index contributed by atoms with van der Waals surface area (Å²) in [5, 5.41) is 12.3. The van der Waals surface area contributed by atoms with Crippen LogP contribution in [0.3, 0.4) is 0 Å². The smallest absolute Gasteiger partial charge is 0.160 e. The van der Waals surface area contributed by atoms with Crippen LogP contribution in [-0.4, -0.2) is 41.4 Å². The number of rotatable bonds is 3. The molecule has 3 heterocycles. The summed E-state index contributed by atoms with van der Waals surface area (Å²) in [6.45, 7) is 3.08. The first-order valence-electron chi connectivity index (χ1n) is 8.35. The Morgan fingerprint density at radius 1 is 1.08 bits per heavy atom. The summed E-state index contributed by atoms with van der Waals surface area (Å²) in [5.74, 6) is 0.176. The summed E-state index contributed by atoms with van der Waals surface area (Å²) in [4.78, 5) is 10.2. The fraction of sp³-hybridized carbons (Fsp3) is 0.263. The van der Waals surface area contributed by atoms with Gasteiger partial charge in [-0.05, 0) is 30.3 Å². The van der Waals surface area contributed by atoms with Gasteiger partial charge < -0.3 is 14.7 Å². The van der Waals surface area contributed by atoms with Crippen molar-refractivity contribution in [2.24, 2.45) is 0 Å². The summed E-state index contributed by atoms with van der Waals surface area (Å²) in [6, 6.07) is 11.3. The lowest BCUT2D eigenvalue weighted by atomic mass is 9.97. The number of phenolic OH excluding ortho intramolecular Hbond substituents is 1. The van der Waals surface area contributed by atoms with Crippen LogP contribution in [0.25, 0.3) is 10.9 Å². The van der Waals surface area contributed by atoms with E-state index < -0.39 is 0 Å². The molecule has 3 aromatic rings. The zero-order valence-corrected chi connectivity index (χ0v) is 14.4. The maximum Gasteiger partial charge on any atom is 0.160 e. The second kappa shape index (κ2) is 6.96. The van der Waals surface area contributed by atoms with E-state index in [9.17, 15) is 5.11 Å². The van der Waals surface area contributed by atoms with Crippen molar-refractivity contribution in [1.82, 2.24) is 9.97 Å². The first kappa shape index (κ1) is 16.3. The van der Waals surface area contributed by atoms with E-state index in [2.05, 4.69) is 9.97 Å². The van der Waals surface area contributed by atoms with Gasteiger partial charge in [-0.15, -0.1) is 0 Å². The first-order valence-corrected chi connectivity index (χ1v) is 8.73. The molecular formula is C19H19ClN3O2+. The van der Waals surface area contributed by atoms with Crippen molar-refractivity contribution in [1.29, 1.82) is 0 Å². The molecule has 4 rings (SSSR count). The molecule has 0 bridgehead atoms. The van der Waals surface area contributed by atoms with E-state index in [-0.39, 0.29) is 11.8 Å². The van der Waals surface area contributed by atoms with Gasteiger partial charge in [0.1, 0.15) is 24.3 Å². The molecule has 1 fully saturated rings. The minimum atomic E-state index is -0.117. The largest absolute Gasteiger partial charge is 0.505 e. The first-order chi connectivity index (χ1) is 12.3. The highest BCUT2D eigenvalue weighted by atomic mass is 35.5. The van der Waals surface area contributed by atoms with Gasteiger partial charge in [0.05, 0.1) is 23.8 Å². The summed E-state index contributed by atoms with van der Waals surface area (Å²) in [7, 11) is 0. The number of nitrogens with zero attached hydrogens (tertiary/aromatic N) is 2. The van der Waals surface area contributed by atoms with E-state index in [1.165, 1.54) is 4.90 Å². The van der Waals surface area contributed by atoms with Crippen LogP contribution < -0.4 is 4.90 Å². The highest BCUT2D eigenvalue weighted by Crippen LogP contribution is 2.36. The third-order valence-corrected chi connectivity index (χ3v) is 5.00. The third-order valence-electron chi connectivity index (χ3n) is 4.68. The Kier molecular flexibility index (Phi) is 4.53. The van der Waals surface area contributed by atoms with Crippen molar-refractivity contribution in [2.45, 2.75) is 6.04 Å². The Labute approximate surface area is 150 Å². The molecule has 0 aliphatic carbocycles. The predicted molar refractivity (Wildman–Crippen MR) is 96.0 cm³/mol. The highest BCUT2D eigenvalue weighted by Gasteiger charge is 2.32. The number of benzene rings is 1. The van der Waals surface area contributed by atoms with Crippen molar-refractivity contribution < 1.29 is 14.7 Å².